The van der Waals surface area contributed by atoms with E-state index in [0.29, 0.717) is 23.1 Å². The Morgan fingerprint density at radius 2 is 2.07 bits per heavy atom. The van der Waals surface area contributed by atoms with Crippen molar-refractivity contribution in [3.8, 4) is 17.1 Å². The molecule has 0 aliphatic heterocycles. The van der Waals surface area contributed by atoms with Gasteiger partial charge in [-0.05, 0) is 25.1 Å². The van der Waals surface area contributed by atoms with E-state index in [1.54, 1.807) is 13.2 Å². The maximum atomic E-state index is 11.0. The van der Waals surface area contributed by atoms with Gasteiger partial charge in [0.05, 0.1) is 12.0 Å². The fraction of sp³-hybridized carbons (Fsp3) is 0.222. The second kappa shape index (κ2) is 8.41. The molecule has 0 fully saturated rings. The second-order valence-corrected chi connectivity index (χ2v) is 6.98. The van der Waals surface area contributed by atoms with E-state index in [0.717, 1.165) is 22.1 Å². The summed E-state index contributed by atoms with van der Waals surface area (Å²) in [6, 6.07) is 12.0. The molecule has 9 heteroatoms. The van der Waals surface area contributed by atoms with Crippen LogP contribution in [0.3, 0.4) is 0 Å². The third-order valence-corrected chi connectivity index (χ3v) is 5.20. The Hall–Kier alpha value is -2.58. The third-order valence-electron chi connectivity index (χ3n) is 3.95. The summed E-state index contributed by atoms with van der Waals surface area (Å²) in [5, 5.41) is 21.0. The number of nitro benzene ring substituents is 1. The predicted molar refractivity (Wildman–Crippen MR) is 105 cm³/mol. The SMILES string of the molecule is CCn1c(SCc2cc([N+](=O)[O-])ccc2OC)nnc1-c1cccc(Cl)c1. The van der Waals surface area contributed by atoms with Gasteiger partial charge in [-0.15, -0.1) is 10.2 Å². The van der Waals surface area contributed by atoms with Gasteiger partial charge in [-0.2, -0.15) is 0 Å². The van der Waals surface area contributed by atoms with Crippen molar-refractivity contribution in [3.63, 3.8) is 0 Å². The topological polar surface area (TPSA) is 83.1 Å². The van der Waals surface area contributed by atoms with Crippen LogP contribution in [0.5, 0.6) is 5.75 Å². The maximum absolute atomic E-state index is 11.0. The third kappa shape index (κ3) is 4.23. The molecule has 0 aliphatic carbocycles. The second-order valence-electron chi connectivity index (χ2n) is 5.60. The van der Waals surface area contributed by atoms with Crippen LogP contribution in [0.25, 0.3) is 11.4 Å². The molecule has 2 aromatic carbocycles. The molecule has 0 spiro atoms. The predicted octanol–water partition coefficient (Wildman–Crippen LogP) is 4.83. The summed E-state index contributed by atoms with van der Waals surface area (Å²) in [4.78, 5) is 10.6. The van der Waals surface area contributed by atoms with Crippen LogP contribution < -0.4 is 4.74 Å². The van der Waals surface area contributed by atoms with E-state index in [1.807, 2.05) is 35.8 Å². The number of benzene rings is 2. The molecule has 0 aliphatic rings. The molecule has 0 saturated heterocycles. The Bertz CT molecular complexity index is 977. The van der Waals surface area contributed by atoms with Crippen molar-refractivity contribution in [1.82, 2.24) is 14.8 Å². The number of nitro groups is 1. The van der Waals surface area contributed by atoms with Crippen LogP contribution in [-0.2, 0) is 12.3 Å². The highest BCUT2D eigenvalue weighted by atomic mass is 35.5. The van der Waals surface area contributed by atoms with Crippen molar-refractivity contribution in [3.05, 3.63) is 63.2 Å². The summed E-state index contributed by atoms with van der Waals surface area (Å²) in [6.45, 7) is 2.69. The zero-order valence-electron chi connectivity index (χ0n) is 14.8. The van der Waals surface area contributed by atoms with Crippen LogP contribution in [0, 0.1) is 10.1 Å². The fourth-order valence-corrected chi connectivity index (χ4v) is 3.83. The number of non-ortho nitro benzene ring substituents is 1. The maximum Gasteiger partial charge on any atom is 0.270 e. The summed E-state index contributed by atoms with van der Waals surface area (Å²) in [5.74, 6) is 1.80. The van der Waals surface area contributed by atoms with Gasteiger partial charge in [0.1, 0.15) is 5.75 Å². The Morgan fingerprint density at radius 1 is 1.26 bits per heavy atom. The van der Waals surface area contributed by atoms with E-state index in [1.165, 1.54) is 23.9 Å². The van der Waals surface area contributed by atoms with Gasteiger partial charge in [0.2, 0.25) is 0 Å². The summed E-state index contributed by atoms with van der Waals surface area (Å²) in [6.07, 6.45) is 0. The Kier molecular flexibility index (Phi) is 5.98. The van der Waals surface area contributed by atoms with E-state index in [2.05, 4.69) is 10.2 Å². The molecule has 1 aromatic heterocycles. The lowest BCUT2D eigenvalue weighted by atomic mass is 10.2. The van der Waals surface area contributed by atoms with E-state index in [-0.39, 0.29) is 5.69 Å². The first-order valence-electron chi connectivity index (χ1n) is 8.16. The summed E-state index contributed by atoms with van der Waals surface area (Å²) < 4.78 is 7.31. The summed E-state index contributed by atoms with van der Waals surface area (Å²) in [5.41, 5.74) is 1.64. The minimum atomic E-state index is -0.417. The quantitative estimate of drug-likeness (QED) is 0.318. The number of nitrogens with zero attached hydrogens (tertiary/aromatic N) is 4. The standard InChI is InChI=1S/C18H17ClN4O3S/c1-3-22-17(12-5-4-6-14(19)9-12)20-21-18(22)27-11-13-10-15(23(24)25)7-8-16(13)26-2/h4-10H,3,11H2,1-2H3. The van der Waals surface area contributed by atoms with Gasteiger partial charge >= 0.3 is 0 Å². The molecular formula is C18H17ClN4O3S. The normalized spacial score (nSPS) is 10.8. The molecule has 0 unspecified atom stereocenters. The van der Waals surface area contributed by atoms with Gasteiger partial charge in [-0.25, -0.2) is 0 Å². The van der Waals surface area contributed by atoms with Crippen molar-refractivity contribution in [2.24, 2.45) is 0 Å². The highest BCUT2D eigenvalue weighted by Crippen LogP contribution is 2.32. The molecular weight excluding hydrogens is 388 g/mol. The van der Waals surface area contributed by atoms with Gasteiger partial charge in [0.25, 0.3) is 5.69 Å². The average Bonchev–Trinajstić information content (AvgIpc) is 3.09. The molecule has 7 nitrogen and oxygen atoms in total. The van der Waals surface area contributed by atoms with Gasteiger partial charge in [0.15, 0.2) is 11.0 Å². The van der Waals surface area contributed by atoms with Crippen molar-refractivity contribution in [1.29, 1.82) is 0 Å². The molecule has 140 valence electrons. The van der Waals surface area contributed by atoms with Crippen LogP contribution in [-0.4, -0.2) is 26.8 Å². The lowest BCUT2D eigenvalue weighted by Crippen LogP contribution is -2.00. The van der Waals surface area contributed by atoms with E-state index in [9.17, 15) is 10.1 Å². The molecule has 0 radical (unpaired) electrons. The Balaban J connectivity index is 1.87. The smallest absolute Gasteiger partial charge is 0.270 e. The van der Waals surface area contributed by atoms with Crippen LogP contribution in [0.1, 0.15) is 12.5 Å². The van der Waals surface area contributed by atoms with E-state index < -0.39 is 4.92 Å². The van der Waals surface area contributed by atoms with Crippen LogP contribution in [0.4, 0.5) is 5.69 Å². The van der Waals surface area contributed by atoms with Crippen molar-refractivity contribution >= 4 is 29.1 Å². The van der Waals surface area contributed by atoms with E-state index in [4.69, 9.17) is 16.3 Å². The first kappa shape index (κ1) is 19.2. The number of thioether (sulfide) groups is 1. The van der Waals surface area contributed by atoms with Crippen LogP contribution >= 0.6 is 23.4 Å². The average molecular weight is 405 g/mol. The lowest BCUT2D eigenvalue weighted by molar-refractivity contribution is -0.384. The largest absolute Gasteiger partial charge is 0.496 e. The number of methoxy groups -OCH3 is 1. The minimum absolute atomic E-state index is 0.0305. The van der Waals surface area contributed by atoms with Crippen molar-refractivity contribution in [2.75, 3.05) is 7.11 Å². The Labute approximate surface area is 165 Å². The van der Waals surface area contributed by atoms with Gasteiger partial charge in [-0.3, -0.25) is 10.1 Å². The summed E-state index contributed by atoms with van der Waals surface area (Å²) in [7, 11) is 1.54. The molecule has 0 N–H and O–H groups in total. The number of halogens is 1. The number of hydrogen-bond acceptors (Lipinski definition) is 6. The molecule has 27 heavy (non-hydrogen) atoms. The number of rotatable bonds is 7. The number of ether oxygens (including phenoxy) is 1. The fourth-order valence-electron chi connectivity index (χ4n) is 2.66. The van der Waals surface area contributed by atoms with Gasteiger partial charge in [-0.1, -0.05) is 35.5 Å². The Morgan fingerprint density at radius 3 is 2.74 bits per heavy atom. The number of aromatic nitrogens is 3. The van der Waals surface area contributed by atoms with Gasteiger partial charge < -0.3 is 9.30 Å². The van der Waals surface area contributed by atoms with Crippen molar-refractivity contribution in [2.45, 2.75) is 24.4 Å². The first-order chi connectivity index (χ1) is 13.0. The van der Waals surface area contributed by atoms with Gasteiger partial charge in [0, 0.05) is 40.6 Å². The van der Waals surface area contributed by atoms with Crippen LogP contribution in [0.15, 0.2) is 47.6 Å². The molecule has 0 amide bonds. The van der Waals surface area contributed by atoms with Crippen molar-refractivity contribution < 1.29 is 9.66 Å². The monoisotopic (exact) mass is 404 g/mol. The highest BCUT2D eigenvalue weighted by molar-refractivity contribution is 7.98. The molecule has 3 rings (SSSR count). The summed E-state index contributed by atoms with van der Waals surface area (Å²) >= 11 is 7.53. The highest BCUT2D eigenvalue weighted by Gasteiger charge is 2.16. The van der Waals surface area contributed by atoms with E-state index >= 15 is 0 Å². The molecule has 3 aromatic rings. The zero-order valence-corrected chi connectivity index (χ0v) is 16.3. The lowest BCUT2D eigenvalue weighted by Gasteiger charge is -2.09. The molecule has 0 saturated carbocycles. The molecule has 1 heterocycles. The molecule has 0 bridgehead atoms. The molecule has 0 atom stereocenters. The minimum Gasteiger partial charge on any atom is -0.496 e. The van der Waals surface area contributed by atoms with Crippen LogP contribution in [0.2, 0.25) is 5.02 Å². The zero-order chi connectivity index (χ0) is 19.4. The first-order valence-corrected chi connectivity index (χ1v) is 9.53. The number of hydrogen-bond donors (Lipinski definition) is 0.